The van der Waals surface area contributed by atoms with Crippen LogP contribution in [-0.4, -0.2) is 33.4 Å². The summed E-state index contributed by atoms with van der Waals surface area (Å²) >= 11 is 1.27. The van der Waals surface area contributed by atoms with Gasteiger partial charge in [-0.1, -0.05) is 36.0 Å². The lowest BCUT2D eigenvalue weighted by Gasteiger charge is -2.13. The van der Waals surface area contributed by atoms with Crippen LogP contribution in [-0.2, 0) is 11.4 Å². The van der Waals surface area contributed by atoms with Crippen molar-refractivity contribution in [2.75, 3.05) is 12.4 Å². The maximum absolute atomic E-state index is 12.6. The first-order valence-corrected chi connectivity index (χ1v) is 10.1. The molecule has 2 N–H and O–H groups in total. The van der Waals surface area contributed by atoms with E-state index in [0.717, 1.165) is 16.9 Å². The minimum atomic E-state index is -0.388. The summed E-state index contributed by atoms with van der Waals surface area (Å²) in [5.74, 6) is 1.87. The molecule has 0 fully saturated rings. The summed E-state index contributed by atoms with van der Waals surface area (Å²) in [7, 11) is 1.58. The number of H-pyrrole nitrogens is 1. The average molecular weight is 413 g/mol. The number of aromatic nitrogens is 3. The number of para-hydroxylation sites is 1. The maximum Gasteiger partial charge on any atom is 0.237 e. The molecule has 0 saturated heterocycles. The van der Waals surface area contributed by atoms with E-state index in [-0.39, 0.29) is 17.8 Å². The number of carbonyl (C=O) groups excluding carboxylic acids is 1. The van der Waals surface area contributed by atoms with Crippen LogP contribution in [0.4, 0.5) is 5.69 Å². The number of hydrogen-bond acceptors (Lipinski definition) is 6. The molecule has 1 amide bonds. The van der Waals surface area contributed by atoms with Crippen molar-refractivity contribution < 1.29 is 14.3 Å². The second-order valence-corrected chi connectivity index (χ2v) is 7.88. The van der Waals surface area contributed by atoms with Gasteiger partial charge in [0, 0.05) is 0 Å². The van der Waals surface area contributed by atoms with E-state index in [0.29, 0.717) is 22.4 Å². The largest absolute Gasteiger partial charge is 0.495 e. The molecule has 0 unspecified atom stereocenters. The van der Waals surface area contributed by atoms with Crippen LogP contribution in [0.1, 0.15) is 23.9 Å². The van der Waals surface area contributed by atoms with Gasteiger partial charge in [-0.2, -0.15) is 0 Å². The van der Waals surface area contributed by atoms with Crippen molar-refractivity contribution in [3.63, 3.8) is 0 Å². The van der Waals surface area contributed by atoms with E-state index < -0.39 is 0 Å². The smallest absolute Gasteiger partial charge is 0.237 e. The van der Waals surface area contributed by atoms with E-state index in [1.54, 1.807) is 7.11 Å². The molecule has 3 rings (SSSR count). The lowest BCUT2D eigenvalue weighted by molar-refractivity contribution is -0.115. The minimum absolute atomic E-state index is 0.151. The van der Waals surface area contributed by atoms with Crippen molar-refractivity contribution in [3.8, 4) is 11.5 Å². The number of ether oxygens (including phenoxy) is 2. The molecule has 8 heteroatoms. The summed E-state index contributed by atoms with van der Waals surface area (Å²) < 4.78 is 11.1. The molecule has 0 spiro atoms. The van der Waals surface area contributed by atoms with Crippen molar-refractivity contribution in [1.82, 2.24) is 15.2 Å². The summed E-state index contributed by atoms with van der Waals surface area (Å²) in [4.78, 5) is 17.0. The number of anilines is 1. The van der Waals surface area contributed by atoms with Gasteiger partial charge in [0.25, 0.3) is 0 Å². The standard InChI is InChI=1S/C21H24N4O3S/c1-13-9-10-18(27-4)16(11-13)22-20(26)15(3)29-21-23-19(24-25-21)12-28-17-8-6-5-7-14(17)2/h5-11,15H,12H2,1-4H3,(H,22,26)(H,23,24,25)/t15-/m0/s1. The first-order valence-electron chi connectivity index (χ1n) is 9.18. The number of nitrogens with zero attached hydrogens (tertiary/aromatic N) is 2. The van der Waals surface area contributed by atoms with Crippen molar-refractivity contribution in [1.29, 1.82) is 0 Å². The summed E-state index contributed by atoms with van der Waals surface area (Å²) in [6.07, 6.45) is 0. The van der Waals surface area contributed by atoms with E-state index in [1.165, 1.54) is 11.8 Å². The SMILES string of the molecule is COc1ccc(C)cc1NC(=O)[C@H](C)Sc1n[nH]c(COc2ccccc2C)n1. The lowest BCUT2D eigenvalue weighted by atomic mass is 10.2. The van der Waals surface area contributed by atoms with Gasteiger partial charge >= 0.3 is 0 Å². The normalized spacial score (nSPS) is 11.7. The van der Waals surface area contributed by atoms with E-state index in [1.807, 2.05) is 63.2 Å². The molecule has 0 saturated carbocycles. The Morgan fingerprint density at radius 3 is 2.76 bits per heavy atom. The predicted octanol–water partition coefficient (Wildman–Crippen LogP) is 4.13. The molecule has 0 bridgehead atoms. The van der Waals surface area contributed by atoms with Crippen molar-refractivity contribution in [2.24, 2.45) is 0 Å². The number of thioether (sulfide) groups is 1. The Hall–Kier alpha value is -3.00. The third-order valence-electron chi connectivity index (χ3n) is 4.23. The molecule has 0 aliphatic rings. The number of amides is 1. The Kier molecular flexibility index (Phi) is 6.77. The predicted molar refractivity (Wildman–Crippen MR) is 114 cm³/mol. The van der Waals surface area contributed by atoms with Gasteiger partial charge in [-0.15, -0.1) is 5.10 Å². The van der Waals surface area contributed by atoms with Gasteiger partial charge in [-0.3, -0.25) is 9.89 Å². The highest BCUT2D eigenvalue weighted by atomic mass is 32.2. The van der Waals surface area contributed by atoms with Gasteiger partial charge in [0.15, 0.2) is 5.82 Å². The quantitative estimate of drug-likeness (QED) is 0.541. The molecule has 29 heavy (non-hydrogen) atoms. The molecule has 0 aliphatic carbocycles. The van der Waals surface area contributed by atoms with Crippen LogP contribution in [0.3, 0.4) is 0 Å². The van der Waals surface area contributed by atoms with Crippen molar-refractivity contribution in [2.45, 2.75) is 37.8 Å². The molecule has 0 aliphatic heterocycles. The van der Waals surface area contributed by atoms with Crippen LogP contribution >= 0.6 is 11.8 Å². The zero-order valence-corrected chi connectivity index (χ0v) is 17.7. The van der Waals surface area contributed by atoms with Crippen LogP contribution < -0.4 is 14.8 Å². The van der Waals surface area contributed by atoms with Crippen LogP contribution in [0.25, 0.3) is 0 Å². The number of aromatic amines is 1. The molecule has 1 heterocycles. The molecule has 152 valence electrons. The fourth-order valence-corrected chi connectivity index (χ4v) is 3.37. The first kappa shape index (κ1) is 20.7. The summed E-state index contributed by atoms with van der Waals surface area (Å²) in [5, 5.41) is 10.0. The number of benzene rings is 2. The highest BCUT2D eigenvalue weighted by Crippen LogP contribution is 2.27. The Morgan fingerprint density at radius 1 is 1.21 bits per heavy atom. The average Bonchev–Trinajstić information content (AvgIpc) is 3.15. The molecule has 1 atom stereocenters. The van der Waals surface area contributed by atoms with E-state index >= 15 is 0 Å². The number of nitrogens with one attached hydrogen (secondary N) is 2. The van der Waals surface area contributed by atoms with Crippen LogP contribution in [0.2, 0.25) is 0 Å². The lowest BCUT2D eigenvalue weighted by Crippen LogP contribution is -2.22. The second kappa shape index (κ2) is 9.47. The number of methoxy groups -OCH3 is 1. The first-order chi connectivity index (χ1) is 14.0. The van der Waals surface area contributed by atoms with Crippen LogP contribution in [0, 0.1) is 13.8 Å². The molecular weight excluding hydrogens is 388 g/mol. The Morgan fingerprint density at radius 2 is 2.00 bits per heavy atom. The second-order valence-electron chi connectivity index (χ2n) is 6.57. The third kappa shape index (κ3) is 5.51. The Balaban J connectivity index is 1.57. The number of carbonyl (C=O) groups is 1. The van der Waals surface area contributed by atoms with E-state index in [9.17, 15) is 4.79 Å². The molecule has 1 aromatic heterocycles. The number of hydrogen-bond donors (Lipinski definition) is 2. The molecule has 0 radical (unpaired) electrons. The fourth-order valence-electron chi connectivity index (χ4n) is 2.63. The van der Waals surface area contributed by atoms with Crippen molar-refractivity contribution in [3.05, 3.63) is 59.4 Å². The fraction of sp³-hybridized carbons (Fsp3) is 0.286. The zero-order valence-electron chi connectivity index (χ0n) is 16.9. The van der Waals surface area contributed by atoms with E-state index in [4.69, 9.17) is 9.47 Å². The Bertz CT molecular complexity index is 990. The topological polar surface area (TPSA) is 89.1 Å². The molecule has 2 aromatic carbocycles. The zero-order chi connectivity index (χ0) is 20.8. The minimum Gasteiger partial charge on any atom is -0.495 e. The molecular formula is C21H24N4O3S. The monoisotopic (exact) mass is 412 g/mol. The van der Waals surface area contributed by atoms with Gasteiger partial charge in [0.1, 0.15) is 18.1 Å². The summed E-state index contributed by atoms with van der Waals surface area (Å²) in [6.45, 7) is 6.03. The summed E-state index contributed by atoms with van der Waals surface area (Å²) in [5.41, 5.74) is 2.74. The van der Waals surface area contributed by atoms with Crippen LogP contribution in [0.5, 0.6) is 11.5 Å². The Labute approximate surface area is 174 Å². The van der Waals surface area contributed by atoms with Gasteiger partial charge in [0.05, 0.1) is 18.0 Å². The van der Waals surface area contributed by atoms with Crippen LogP contribution in [0.15, 0.2) is 47.6 Å². The highest BCUT2D eigenvalue weighted by Gasteiger charge is 2.19. The molecule has 7 nitrogen and oxygen atoms in total. The number of aryl methyl sites for hydroxylation is 2. The number of rotatable bonds is 8. The summed E-state index contributed by atoms with van der Waals surface area (Å²) in [6, 6.07) is 13.4. The maximum atomic E-state index is 12.6. The van der Waals surface area contributed by atoms with Gasteiger partial charge in [-0.25, -0.2) is 4.98 Å². The van der Waals surface area contributed by atoms with Gasteiger partial charge in [-0.05, 0) is 50.1 Å². The van der Waals surface area contributed by atoms with E-state index in [2.05, 4.69) is 20.5 Å². The van der Waals surface area contributed by atoms with Crippen molar-refractivity contribution >= 4 is 23.4 Å². The van der Waals surface area contributed by atoms with Gasteiger partial charge in [0.2, 0.25) is 11.1 Å². The third-order valence-corrected chi connectivity index (χ3v) is 5.19. The highest BCUT2D eigenvalue weighted by molar-refractivity contribution is 8.00. The van der Waals surface area contributed by atoms with Gasteiger partial charge < -0.3 is 14.8 Å². The molecule has 3 aromatic rings.